The van der Waals surface area contributed by atoms with E-state index in [0.29, 0.717) is 11.5 Å². The van der Waals surface area contributed by atoms with Crippen molar-refractivity contribution in [3.63, 3.8) is 0 Å². The van der Waals surface area contributed by atoms with Crippen LogP contribution in [-0.2, 0) is 5.75 Å². The topological polar surface area (TPSA) is 70.7 Å². The van der Waals surface area contributed by atoms with Gasteiger partial charge in [-0.1, -0.05) is 6.92 Å². The van der Waals surface area contributed by atoms with E-state index >= 15 is 0 Å². The van der Waals surface area contributed by atoms with Gasteiger partial charge >= 0.3 is 5.97 Å². The van der Waals surface area contributed by atoms with Gasteiger partial charge in [0, 0.05) is 5.25 Å². The van der Waals surface area contributed by atoms with Crippen molar-refractivity contribution in [1.29, 1.82) is 0 Å². The molecule has 0 aliphatic rings. The molecule has 1 aromatic heterocycles. The fraction of sp³-hybridized carbons (Fsp3) is 0.500. The van der Waals surface area contributed by atoms with E-state index in [1.807, 2.05) is 6.92 Å². The van der Waals surface area contributed by atoms with Gasteiger partial charge in [-0.15, -0.1) is 11.8 Å². The molecule has 2 atom stereocenters. The first-order valence-electron chi connectivity index (χ1n) is 4.61. The molecule has 15 heavy (non-hydrogen) atoms. The van der Waals surface area contributed by atoms with Crippen molar-refractivity contribution < 1.29 is 19.4 Å². The van der Waals surface area contributed by atoms with Gasteiger partial charge in [-0.05, 0) is 13.0 Å². The SMILES string of the molecule is CC(O)C(C)SCc1cc(C(=O)O)co1. The molecule has 1 heterocycles. The van der Waals surface area contributed by atoms with E-state index in [4.69, 9.17) is 9.52 Å². The zero-order chi connectivity index (χ0) is 11.4. The second kappa shape index (κ2) is 5.23. The minimum Gasteiger partial charge on any atom is -0.478 e. The quantitative estimate of drug-likeness (QED) is 0.809. The molecule has 0 radical (unpaired) electrons. The second-order valence-electron chi connectivity index (χ2n) is 3.36. The number of rotatable bonds is 5. The summed E-state index contributed by atoms with van der Waals surface area (Å²) in [7, 11) is 0. The Balaban J connectivity index is 2.48. The van der Waals surface area contributed by atoms with Crippen LogP contribution in [0, 0.1) is 0 Å². The first kappa shape index (κ1) is 12.1. The Labute approximate surface area is 92.3 Å². The van der Waals surface area contributed by atoms with E-state index in [-0.39, 0.29) is 16.9 Å². The molecule has 0 saturated heterocycles. The monoisotopic (exact) mass is 230 g/mol. The zero-order valence-corrected chi connectivity index (χ0v) is 9.45. The molecule has 0 fully saturated rings. The first-order valence-corrected chi connectivity index (χ1v) is 5.66. The smallest absolute Gasteiger partial charge is 0.338 e. The summed E-state index contributed by atoms with van der Waals surface area (Å²) in [5, 5.41) is 18.0. The Morgan fingerprint density at radius 2 is 2.27 bits per heavy atom. The third kappa shape index (κ3) is 3.60. The molecule has 0 aliphatic heterocycles. The summed E-state index contributed by atoms with van der Waals surface area (Å²) in [6.07, 6.45) is 0.842. The lowest BCUT2D eigenvalue weighted by atomic mass is 10.3. The Bertz CT molecular complexity index is 332. The van der Waals surface area contributed by atoms with Crippen LogP contribution in [0.25, 0.3) is 0 Å². The van der Waals surface area contributed by atoms with Gasteiger partial charge in [0.1, 0.15) is 12.0 Å². The van der Waals surface area contributed by atoms with Crippen LogP contribution in [-0.4, -0.2) is 27.5 Å². The maximum Gasteiger partial charge on any atom is 0.338 e. The van der Waals surface area contributed by atoms with Crippen molar-refractivity contribution in [2.45, 2.75) is 31.0 Å². The highest BCUT2D eigenvalue weighted by molar-refractivity contribution is 7.99. The Kier molecular flexibility index (Phi) is 4.23. The number of carboxylic acids is 1. The largest absolute Gasteiger partial charge is 0.478 e. The number of thioether (sulfide) groups is 1. The van der Waals surface area contributed by atoms with Crippen LogP contribution in [0.2, 0.25) is 0 Å². The van der Waals surface area contributed by atoms with Crippen LogP contribution in [0.5, 0.6) is 0 Å². The van der Waals surface area contributed by atoms with E-state index in [2.05, 4.69) is 0 Å². The minimum absolute atomic E-state index is 0.100. The lowest BCUT2D eigenvalue weighted by molar-refractivity contribution is 0.0696. The summed E-state index contributed by atoms with van der Waals surface area (Å²) in [5.74, 6) is 0.197. The fourth-order valence-corrected chi connectivity index (χ4v) is 1.78. The summed E-state index contributed by atoms with van der Waals surface area (Å²) >= 11 is 1.53. The standard InChI is InChI=1S/C10H14O4S/c1-6(11)7(2)15-5-9-3-8(4-14-9)10(12)13/h3-4,6-7,11H,5H2,1-2H3,(H,12,13). The number of aliphatic hydroxyl groups excluding tert-OH is 1. The van der Waals surface area contributed by atoms with Crippen LogP contribution in [0.3, 0.4) is 0 Å². The van der Waals surface area contributed by atoms with E-state index < -0.39 is 5.97 Å². The highest BCUT2D eigenvalue weighted by Crippen LogP contribution is 2.21. The van der Waals surface area contributed by atoms with Crippen molar-refractivity contribution in [3.8, 4) is 0 Å². The molecule has 0 saturated carbocycles. The highest BCUT2D eigenvalue weighted by atomic mass is 32.2. The summed E-state index contributed by atoms with van der Waals surface area (Å²) in [6.45, 7) is 3.64. The molecule has 0 amide bonds. The molecule has 4 nitrogen and oxygen atoms in total. The number of carboxylic acid groups (broad SMARTS) is 1. The predicted molar refractivity (Wildman–Crippen MR) is 58.1 cm³/mol. The van der Waals surface area contributed by atoms with Crippen molar-refractivity contribution >= 4 is 17.7 Å². The fourth-order valence-electron chi connectivity index (χ4n) is 0.921. The third-order valence-electron chi connectivity index (χ3n) is 2.07. The molecule has 0 aromatic carbocycles. The van der Waals surface area contributed by atoms with Gasteiger partial charge in [0.15, 0.2) is 0 Å². The van der Waals surface area contributed by atoms with Gasteiger partial charge in [-0.25, -0.2) is 4.79 Å². The number of aliphatic hydroxyl groups is 1. The number of aromatic carboxylic acids is 1. The predicted octanol–water partition coefficient (Wildman–Crippen LogP) is 1.98. The van der Waals surface area contributed by atoms with Crippen LogP contribution < -0.4 is 0 Å². The Morgan fingerprint density at radius 3 is 2.73 bits per heavy atom. The lowest BCUT2D eigenvalue weighted by Gasteiger charge is -2.12. The first-order chi connectivity index (χ1) is 7.00. The Hall–Kier alpha value is -0.940. The molecular weight excluding hydrogens is 216 g/mol. The molecule has 84 valence electrons. The van der Waals surface area contributed by atoms with Gasteiger partial charge in [-0.2, -0.15) is 0 Å². The Morgan fingerprint density at radius 1 is 1.60 bits per heavy atom. The number of carbonyl (C=O) groups is 1. The number of hydrogen-bond donors (Lipinski definition) is 2. The molecule has 0 bridgehead atoms. The second-order valence-corrected chi connectivity index (χ2v) is 4.73. The molecule has 2 N–H and O–H groups in total. The molecule has 1 rings (SSSR count). The van der Waals surface area contributed by atoms with Gasteiger partial charge in [0.2, 0.25) is 0 Å². The molecule has 1 aromatic rings. The summed E-state index contributed by atoms with van der Waals surface area (Å²) in [6, 6.07) is 1.50. The van der Waals surface area contributed by atoms with E-state index in [9.17, 15) is 9.90 Å². The normalized spacial score (nSPS) is 14.9. The van der Waals surface area contributed by atoms with Crippen LogP contribution in [0.1, 0.15) is 30.0 Å². The number of furan rings is 1. The van der Waals surface area contributed by atoms with Gasteiger partial charge in [0.05, 0.1) is 17.4 Å². The molecule has 0 spiro atoms. The average molecular weight is 230 g/mol. The van der Waals surface area contributed by atoms with Crippen molar-refractivity contribution in [3.05, 3.63) is 23.7 Å². The third-order valence-corrected chi connectivity index (χ3v) is 3.44. The van der Waals surface area contributed by atoms with Gasteiger partial charge in [-0.3, -0.25) is 0 Å². The van der Waals surface area contributed by atoms with E-state index in [1.165, 1.54) is 24.1 Å². The molecular formula is C10H14O4S. The molecule has 0 aliphatic carbocycles. The maximum atomic E-state index is 10.6. The lowest BCUT2D eigenvalue weighted by Crippen LogP contribution is -2.15. The van der Waals surface area contributed by atoms with Crippen molar-refractivity contribution in [2.75, 3.05) is 0 Å². The highest BCUT2D eigenvalue weighted by Gasteiger charge is 2.12. The van der Waals surface area contributed by atoms with Crippen LogP contribution >= 0.6 is 11.8 Å². The summed E-state index contributed by atoms with van der Waals surface area (Å²) < 4.78 is 5.07. The number of hydrogen-bond acceptors (Lipinski definition) is 4. The summed E-state index contributed by atoms with van der Waals surface area (Å²) in [5.41, 5.74) is 0.162. The van der Waals surface area contributed by atoms with Crippen LogP contribution in [0.15, 0.2) is 16.7 Å². The summed E-state index contributed by atoms with van der Waals surface area (Å²) in [4.78, 5) is 10.6. The van der Waals surface area contributed by atoms with E-state index in [0.717, 1.165) is 0 Å². The molecule has 2 unspecified atom stereocenters. The van der Waals surface area contributed by atoms with E-state index in [1.54, 1.807) is 6.92 Å². The minimum atomic E-state index is -0.987. The maximum absolute atomic E-state index is 10.6. The van der Waals surface area contributed by atoms with Crippen molar-refractivity contribution in [2.24, 2.45) is 0 Å². The van der Waals surface area contributed by atoms with Gasteiger partial charge in [0.25, 0.3) is 0 Å². The van der Waals surface area contributed by atoms with Crippen LogP contribution in [0.4, 0.5) is 0 Å². The average Bonchev–Trinajstić information content (AvgIpc) is 2.62. The zero-order valence-electron chi connectivity index (χ0n) is 8.64. The van der Waals surface area contributed by atoms with Crippen molar-refractivity contribution in [1.82, 2.24) is 0 Å². The molecule has 5 heteroatoms. The van der Waals surface area contributed by atoms with Gasteiger partial charge < -0.3 is 14.6 Å².